The highest BCUT2D eigenvalue weighted by Crippen LogP contribution is 2.27. The van der Waals surface area contributed by atoms with E-state index in [1.165, 1.54) is 12.1 Å². The van der Waals surface area contributed by atoms with Gasteiger partial charge in [0.25, 0.3) is 10.0 Å². The van der Waals surface area contributed by atoms with Crippen LogP contribution in [-0.4, -0.2) is 32.2 Å². The molecule has 0 radical (unpaired) electrons. The first-order valence-corrected chi connectivity index (χ1v) is 10.1. The molecule has 0 spiro atoms. The Balaban J connectivity index is 0.00000243. The van der Waals surface area contributed by atoms with Gasteiger partial charge in [-0.25, -0.2) is 8.42 Å². The van der Waals surface area contributed by atoms with Crippen molar-refractivity contribution in [2.45, 2.75) is 55.4 Å². The number of nitrogens with two attached hydrogens (primary N) is 1. The largest absolute Gasteiger partial charge is 0.324 e. The maximum atomic E-state index is 12.5. The summed E-state index contributed by atoms with van der Waals surface area (Å²) in [4.78, 5) is 16.7. The average Bonchev–Trinajstić information content (AvgIpc) is 3.08. The first-order valence-electron chi connectivity index (χ1n) is 8.66. The lowest BCUT2D eigenvalue weighted by Gasteiger charge is -2.31. The summed E-state index contributed by atoms with van der Waals surface area (Å²) < 4.78 is 27.4. The molecule has 1 aromatic carbocycles. The van der Waals surface area contributed by atoms with Gasteiger partial charge < -0.3 is 11.1 Å². The van der Waals surface area contributed by atoms with E-state index in [-0.39, 0.29) is 23.2 Å². The second-order valence-corrected chi connectivity index (χ2v) is 8.42. The molecular formula is C17H25ClN4O3S. The van der Waals surface area contributed by atoms with Gasteiger partial charge in [0.15, 0.2) is 0 Å². The standard InChI is InChI=1S/C17H24N4O3S.ClH/c18-17(9-2-1-3-10-17)16(22)20-13-6-4-7-14(12-13)25(23,24)21-15-8-5-11-19-15;/h4,6-7,12H,1-3,5,8-11,18H2,(H,19,21)(H,20,22);1H. The minimum Gasteiger partial charge on any atom is -0.324 e. The lowest BCUT2D eigenvalue weighted by atomic mass is 9.82. The molecular weight excluding hydrogens is 376 g/mol. The van der Waals surface area contributed by atoms with E-state index < -0.39 is 15.6 Å². The van der Waals surface area contributed by atoms with Crippen LogP contribution in [-0.2, 0) is 14.8 Å². The number of nitrogens with one attached hydrogen (secondary N) is 2. The molecule has 0 aromatic heterocycles. The number of aliphatic imine (C=N–C) groups is 1. The zero-order valence-corrected chi connectivity index (χ0v) is 16.2. The maximum absolute atomic E-state index is 12.5. The molecule has 26 heavy (non-hydrogen) atoms. The van der Waals surface area contributed by atoms with Gasteiger partial charge in [-0.15, -0.1) is 12.4 Å². The Morgan fingerprint density at radius 3 is 2.54 bits per heavy atom. The first kappa shape index (κ1) is 20.7. The van der Waals surface area contributed by atoms with E-state index in [9.17, 15) is 13.2 Å². The van der Waals surface area contributed by atoms with Gasteiger partial charge in [0.2, 0.25) is 5.91 Å². The molecule has 1 amide bonds. The number of carbonyl (C=O) groups is 1. The zero-order chi connectivity index (χ0) is 17.9. The van der Waals surface area contributed by atoms with Crippen LogP contribution < -0.4 is 15.8 Å². The molecule has 9 heteroatoms. The number of halogens is 1. The zero-order valence-electron chi connectivity index (χ0n) is 14.5. The van der Waals surface area contributed by atoms with E-state index >= 15 is 0 Å². The van der Waals surface area contributed by atoms with Crippen molar-refractivity contribution in [2.75, 3.05) is 11.9 Å². The fourth-order valence-electron chi connectivity index (χ4n) is 3.24. The van der Waals surface area contributed by atoms with E-state index in [1.54, 1.807) is 12.1 Å². The molecule has 1 saturated carbocycles. The van der Waals surface area contributed by atoms with Crippen LogP contribution in [0.5, 0.6) is 0 Å². The molecule has 144 valence electrons. The van der Waals surface area contributed by atoms with Crippen molar-refractivity contribution >= 4 is 39.9 Å². The molecule has 3 rings (SSSR count). The number of amides is 1. The number of hydrogen-bond donors (Lipinski definition) is 3. The van der Waals surface area contributed by atoms with Gasteiger partial charge in [-0.1, -0.05) is 25.3 Å². The fourth-order valence-corrected chi connectivity index (χ4v) is 4.38. The van der Waals surface area contributed by atoms with Crippen molar-refractivity contribution in [3.05, 3.63) is 24.3 Å². The summed E-state index contributed by atoms with van der Waals surface area (Å²) in [7, 11) is -3.71. The van der Waals surface area contributed by atoms with Crippen molar-refractivity contribution in [3.63, 3.8) is 0 Å². The first-order chi connectivity index (χ1) is 11.9. The highest BCUT2D eigenvalue weighted by molar-refractivity contribution is 7.90. The van der Waals surface area contributed by atoms with E-state index in [1.807, 2.05) is 0 Å². The van der Waals surface area contributed by atoms with E-state index in [4.69, 9.17) is 5.73 Å². The topological polar surface area (TPSA) is 114 Å². The number of sulfonamides is 1. The van der Waals surface area contributed by atoms with Gasteiger partial charge in [0, 0.05) is 18.7 Å². The molecule has 1 fully saturated rings. The van der Waals surface area contributed by atoms with Gasteiger partial charge in [-0.3, -0.25) is 14.5 Å². The van der Waals surface area contributed by atoms with Crippen LogP contribution in [0.25, 0.3) is 0 Å². The van der Waals surface area contributed by atoms with Crippen molar-refractivity contribution < 1.29 is 13.2 Å². The summed E-state index contributed by atoms with van der Waals surface area (Å²) in [5, 5.41) is 2.77. The maximum Gasteiger partial charge on any atom is 0.262 e. The summed E-state index contributed by atoms with van der Waals surface area (Å²) in [6, 6.07) is 6.20. The highest BCUT2D eigenvalue weighted by Gasteiger charge is 2.35. The third-order valence-corrected chi connectivity index (χ3v) is 6.11. The summed E-state index contributed by atoms with van der Waals surface area (Å²) in [6.07, 6.45) is 5.75. The van der Waals surface area contributed by atoms with Crippen molar-refractivity contribution in [2.24, 2.45) is 10.7 Å². The van der Waals surface area contributed by atoms with Crippen LogP contribution in [0.4, 0.5) is 5.69 Å². The van der Waals surface area contributed by atoms with E-state index in [0.717, 1.165) is 25.7 Å². The molecule has 4 N–H and O–H groups in total. The highest BCUT2D eigenvalue weighted by atomic mass is 35.5. The number of carbonyl (C=O) groups excluding carboxylic acids is 1. The summed E-state index contributed by atoms with van der Waals surface area (Å²) in [5.41, 5.74) is 5.78. The SMILES string of the molecule is Cl.NC1(C(=O)Nc2cccc(S(=O)(=O)NC3=NCCC3)c2)CCCCC1. The second kappa shape index (κ2) is 8.37. The minimum atomic E-state index is -3.71. The molecule has 0 saturated heterocycles. The van der Waals surface area contributed by atoms with Gasteiger partial charge in [-0.2, -0.15) is 0 Å². The average molecular weight is 401 g/mol. The van der Waals surface area contributed by atoms with Gasteiger partial charge in [0.1, 0.15) is 5.84 Å². The third-order valence-electron chi connectivity index (χ3n) is 4.73. The van der Waals surface area contributed by atoms with Crippen molar-refractivity contribution in [3.8, 4) is 0 Å². The fraction of sp³-hybridized carbons (Fsp3) is 0.529. The van der Waals surface area contributed by atoms with Crippen LogP contribution >= 0.6 is 12.4 Å². The normalized spacial score (nSPS) is 19.2. The Hall–Kier alpha value is -1.64. The molecule has 0 atom stereocenters. The molecule has 1 heterocycles. The lowest BCUT2D eigenvalue weighted by molar-refractivity contribution is -0.122. The summed E-state index contributed by atoms with van der Waals surface area (Å²) >= 11 is 0. The monoisotopic (exact) mass is 400 g/mol. The molecule has 1 aliphatic carbocycles. The molecule has 0 bridgehead atoms. The Morgan fingerprint density at radius 2 is 1.88 bits per heavy atom. The minimum absolute atomic E-state index is 0. The second-order valence-electron chi connectivity index (χ2n) is 6.74. The molecule has 1 aromatic rings. The number of anilines is 1. The number of amidine groups is 1. The van der Waals surface area contributed by atoms with Crippen LogP contribution in [0.15, 0.2) is 34.2 Å². The number of benzene rings is 1. The predicted octanol–water partition coefficient (Wildman–Crippen LogP) is 2.18. The summed E-state index contributed by atoms with van der Waals surface area (Å²) in [5.74, 6) is 0.229. The van der Waals surface area contributed by atoms with Crippen LogP contribution in [0, 0.1) is 0 Å². The molecule has 7 nitrogen and oxygen atoms in total. The number of hydrogen-bond acceptors (Lipinski definition) is 5. The molecule has 2 aliphatic rings. The summed E-state index contributed by atoms with van der Waals surface area (Å²) in [6.45, 7) is 0.645. The third kappa shape index (κ3) is 4.75. The Bertz CT molecular complexity index is 789. The Morgan fingerprint density at radius 1 is 1.15 bits per heavy atom. The smallest absolute Gasteiger partial charge is 0.262 e. The molecule has 1 aliphatic heterocycles. The van der Waals surface area contributed by atoms with Crippen LogP contribution in [0.2, 0.25) is 0 Å². The van der Waals surface area contributed by atoms with E-state index in [2.05, 4.69) is 15.0 Å². The van der Waals surface area contributed by atoms with Crippen LogP contribution in [0.1, 0.15) is 44.9 Å². The van der Waals surface area contributed by atoms with Crippen LogP contribution in [0.3, 0.4) is 0 Å². The predicted molar refractivity (Wildman–Crippen MR) is 104 cm³/mol. The van der Waals surface area contributed by atoms with E-state index in [0.29, 0.717) is 37.3 Å². The molecule has 0 unspecified atom stereocenters. The Labute approximate surface area is 160 Å². The van der Waals surface area contributed by atoms with Crippen molar-refractivity contribution in [1.82, 2.24) is 4.72 Å². The quantitative estimate of drug-likeness (QED) is 0.718. The number of nitrogens with zero attached hydrogens (tertiary/aromatic N) is 1. The van der Waals surface area contributed by atoms with Gasteiger partial charge in [-0.05, 0) is 37.5 Å². The lowest BCUT2D eigenvalue weighted by Crippen LogP contribution is -2.52. The van der Waals surface area contributed by atoms with Crippen molar-refractivity contribution in [1.29, 1.82) is 0 Å². The van der Waals surface area contributed by atoms with Gasteiger partial charge in [0.05, 0.1) is 10.4 Å². The Kier molecular flexibility index (Phi) is 6.65. The van der Waals surface area contributed by atoms with Gasteiger partial charge >= 0.3 is 0 Å². The number of rotatable bonds is 4.